The van der Waals surface area contributed by atoms with Crippen LogP contribution in [-0.4, -0.2) is 37.6 Å². The van der Waals surface area contributed by atoms with Crippen LogP contribution >= 0.6 is 11.3 Å². The van der Waals surface area contributed by atoms with Crippen molar-refractivity contribution in [2.45, 2.75) is 31.8 Å². The molecule has 5 nitrogen and oxygen atoms in total. The molecule has 0 aliphatic heterocycles. The second-order valence-electron chi connectivity index (χ2n) is 8.60. The molecule has 1 aromatic heterocycles. The predicted molar refractivity (Wildman–Crippen MR) is 136 cm³/mol. The standard InChI is InChI=1S/C26H29N3O2S/c1-17(13-19-16-32-22-12-8-7-11-21(19)22)28-24-23(25(30)26(24)31)27-15-20(29(2)3)14-18-9-5-4-6-10-18/h4-12,16-17,20,27-28H,13-15H2,1-3H3/t17-,20+/m0/s1. The molecule has 0 unspecified atom stereocenters. The van der Waals surface area contributed by atoms with Crippen LogP contribution in [-0.2, 0) is 12.8 Å². The summed E-state index contributed by atoms with van der Waals surface area (Å²) in [5.41, 5.74) is 2.47. The molecule has 0 aliphatic carbocycles. The molecule has 0 fully saturated rings. The Kier molecular flexibility index (Phi) is 6.72. The molecule has 32 heavy (non-hydrogen) atoms. The van der Waals surface area contributed by atoms with E-state index in [4.69, 9.17) is 0 Å². The van der Waals surface area contributed by atoms with Gasteiger partial charge < -0.3 is 15.5 Å². The maximum Gasteiger partial charge on any atom is 0.253 e. The zero-order valence-electron chi connectivity index (χ0n) is 18.7. The van der Waals surface area contributed by atoms with E-state index in [1.165, 1.54) is 21.2 Å². The van der Waals surface area contributed by atoms with E-state index >= 15 is 0 Å². The summed E-state index contributed by atoms with van der Waals surface area (Å²) < 4.78 is 1.26. The molecule has 2 atom stereocenters. The fourth-order valence-electron chi connectivity index (χ4n) is 4.06. The van der Waals surface area contributed by atoms with Crippen molar-refractivity contribution in [3.05, 3.63) is 91.6 Å². The maximum atomic E-state index is 12.3. The van der Waals surface area contributed by atoms with E-state index in [0.717, 1.165) is 12.8 Å². The Labute approximate surface area is 192 Å². The number of likely N-dealkylation sites (N-methyl/N-ethyl adjacent to an activating group) is 1. The molecule has 0 aliphatic rings. The number of benzene rings is 2. The lowest BCUT2D eigenvalue weighted by atomic mass is 10.0. The number of fused-ring (bicyclic) bond motifs is 1. The highest BCUT2D eigenvalue weighted by Gasteiger charge is 2.24. The molecule has 0 bridgehead atoms. The quantitative estimate of drug-likeness (QED) is 0.358. The predicted octanol–water partition coefficient (Wildman–Crippen LogP) is 4.13. The first kappa shape index (κ1) is 22.2. The second-order valence-corrected chi connectivity index (χ2v) is 9.51. The van der Waals surface area contributed by atoms with Crippen LogP contribution in [0.25, 0.3) is 10.1 Å². The lowest BCUT2D eigenvalue weighted by molar-refractivity contribution is 0.303. The molecule has 0 saturated heterocycles. The van der Waals surface area contributed by atoms with Gasteiger partial charge in [0.05, 0.1) is 0 Å². The molecule has 1 heterocycles. The zero-order valence-corrected chi connectivity index (χ0v) is 19.5. The van der Waals surface area contributed by atoms with Crippen molar-refractivity contribution >= 4 is 32.8 Å². The van der Waals surface area contributed by atoms with Gasteiger partial charge in [-0.25, -0.2) is 0 Å². The van der Waals surface area contributed by atoms with Gasteiger partial charge in [0.1, 0.15) is 11.4 Å². The smallest absolute Gasteiger partial charge is 0.253 e. The summed E-state index contributed by atoms with van der Waals surface area (Å²) in [7, 11) is 4.06. The minimum absolute atomic E-state index is 0.0332. The van der Waals surface area contributed by atoms with Crippen LogP contribution in [0.5, 0.6) is 0 Å². The summed E-state index contributed by atoms with van der Waals surface area (Å²) in [6.45, 7) is 2.64. The number of hydrogen-bond acceptors (Lipinski definition) is 6. The van der Waals surface area contributed by atoms with Crippen LogP contribution in [0.3, 0.4) is 0 Å². The third-order valence-corrected chi connectivity index (χ3v) is 6.96. The Morgan fingerprint density at radius 1 is 0.906 bits per heavy atom. The summed E-state index contributed by atoms with van der Waals surface area (Å²) in [6.07, 6.45) is 1.65. The molecule has 0 radical (unpaired) electrons. The van der Waals surface area contributed by atoms with Crippen LogP contribution in [0.1, 0.15) is 18.1 Å². The van der Waals surface area contributed by atoms with Gasteiger partial charge in [0, 0.05) is 23.3 Å². The molecular formula is C26H29N3O2S. The summed E-state index contributed by atoms with van der Waals surface area (Å²) in [5, 5.41) is 9.97. The fraction of sp³-hybridized carbons (Fsp3) is 0.308. The lowest BCUT2D eigenvalue weighted by Crippen LogP contribution is -2.43. The normalized spacial score (nSPS) is 13.5. The highest BCUT2D eigenvalue weighted by atomic mass is 32.1. The molecule has 166 valence electrons. The molecule has 0 amide bonds. The van der Waals surface area contributed by atoms with Gasteiger partial charge in [-0.3, -0.25) is 9.59 Å². The Morgan fingerprint density at radius 2 is 1.59 bits per heavy atom. The molecule has 0 spiro atoms. The third-order valence-electron chi connectivity index (χ3n) is 5.95. The van der Waals surface area contributed by atoms with Gasteiger partial charge in [-0.1, -0.05) is 48.5 Å². The first-order valence-electron chi connectivity index (χ1n) is 10.9. The zero-order chi connectivity index (χ0) is 22.7. The lowest BCUT2D eigenvalue weighted by Gasteiger charge is -2.26. The van der Waals surface area contributed by atoms with E-state index in [1.54, 1.807) is 11.3 Å². The van der Waals surface area contributed by atoms with E-state index in [0.29, 0.717) is 17.9 Å². The van der Waals surface area contributed by atoms with E-state index in [-0.39, 0.29) is 12.1 Å². The van der Waals surface area contributed by atoms with Crippen molar-refractivity contribution in [1.82, 2.24) is 4.90 Å². The minimum Gasteiger partial charge on any atom is -0.378 e. The number of rotatable bonds is 10. The summed E-state index contributed by atoms with van der Waals surface area (Å²) in [5.74, 6) is 0. The number of thiophene rings is 1. The number of nitrogens with zero attached hydrogens (tertiary/aromatic N) is 1. The van der Waals surface area contributed by atoms with Crippen molar-refractivity contribution in [3.8, 4) is 0 Å². The van der Waals surface area contributed by atoms with E-state index < -0.39 is 10.9 Å². The van der Waals surface area contributed by atoms with E-state index in [2.05, 4.69) is 45.2 Å². The number of anilines is 2. The van der Waals surface area contributed by atoms with Crippen LogP contribution in [0, 0.1) is 0 Å². The molecule has 6 heteroatoms. The van der Waals surface area contributed by atoms with Gasteiger partial charge in [0.2, 0.25) is 0 Å². The van der Waals surface area contributed by atoms with E-state index in [9.17, 15) is 9.59 Å². The van der Waals surface area contributed by atoms with Crippen LogP contribution in [0.2, 0.25) is 0 Å². The monoisotopic (exact) mass is 447 g/mol. The van der Waals surface area contributed by atoms with Gasteiger partial charge in [-0.05, 0) is 61.8 Å². The molecule has 2 N–H and O–H groups in total. The van der Waals surface area contributed by atoms with Crippen LogP contribution < -0.4 is 21.5 Å². The minimum atomic E-state index is -0.432. The van der Waals surface area contributed by atoms with Crippen LogP contribution in [0.15, 0.2) is 69.6 Å². The highest BCUT2D eigenvalue weighted by molar-refractivity contribution is 7.17. The average molecular weight is 448 g/mol. The van der Waals surface area contributed by atoms with Crippen molar-refractivity contribution in [2.24, 2.45) is 0 Å². The maximum absolute atomic E-state index is 12.3. The Hall–Kier alpha value is -2.96. The SMILES string of the molecule is C[C@@H](Cc1csc2ccccc12)Nc1c(NC[C@@H](Cc2ccccc2)N(C)C)c(=O)c1=O. The molecular weight excluding hydrogens is 418 g/mol. The summed E-state index contributed by atoms with van der Waals surface area (Å²) in [6, 6.07) is 18.9. The van der Waals surface area contributed by atoms with E-state index in [1.807, 2.05) is 51.4 Å². The first-order chi connectivity index (χ1) is 15.4. The summed E-state index contributed by atoms with van der Waals surface area (Å²) >= 11 is 1.73. The second kappa shape index (κ2) is 9.67. The Balaban J connectivity index is 1.41. The third kappa shape index (κ3) is 4.76. The topological polar surface area (TPSA) is 61.4 Å². The number of hydrogen-bond donors (Lipinski definition) is 2. The number of nitrogens with one attached hydrogen (secondary N) is 2. The van der Waals surface area contributed by atoms with Gasteiger partial charge in [-0.2, -0.15) is 0 Å². The Bertz CT molecular complexity index is 1260. The van der Waals surface area contributed by atoms with Gasteiger partial charge in [-0.15, -0.1) is 11.3 Å². The molecule has 4 rings (SSSR count). The Morgan fingerprint density at radius 3 is 2.34 bits per heavy atom. The van der Waals surface area contributed by atoms with Crippen molar-refractivity contribution in [1.29, 1.82) is 0 Å². The van der Waals surface area contributed by atoms with Gasteiger partial charge in [0.25, 0.3) is 10.9 Å². The van der Waals surface area contributed by atoms with Crippen LogP contribution in [0.4, 0.5) is 11.4 Å². The van der Waals surface area contributed by atoms with Gasteiger partial charge >= 0.3 is 0 Å². The molecule has 4 aromatic rings. The molecule has 0 saturated carbocycles. The largest absolute Gasteiger partial charge is 0.378 e. The molecule has 3 aromatic carbocycles. The highest BCUT2D eigenvalue weighted by Crippen LogP contribution is 2.27. The van der Waals surface area contributed by atoms with Crippen molar-refractivity contribution < 1.29 is 0 Å². The van der Waals surface area contributed by atoms with Crippen molar-refractivity contribution in [2.75, 3.05) is 31.3 Å². The first-order valence-corrected chi connectivity index (χ1v) is 11.8. The van der Waals surface area contributed by atoms with Gasteiger partial charge in [0.15, 0.2) is 0 Å². The summed E-state index contributed by atoms with van der Waals surface area (Å²) in [4.78, 5) is 26.7. The fourth-order valence-corrected chi connectivity index (χ4v) is 5.04. The van der Waals surface area contributed by atoms with Crippen molar-refractivity contribution in [3.63, 3.8) is 0 Å². The average Bonchev–Trinajstić information content (AvgIpc) is 3.20.